The van der Waals surface area contributed by atoms with E-state index in [9.17, 15) is 4.79 Å². The summed E-state index contributed by atoms with van der Waals surface area (Å²) >= 11 is 0. The number of hydrogen-bond acceptors (Lipinski definition) is 2. The summed E-state index contributed by atoms with van der Waals surface area (Å²) in [6.45, 7) is 4.16. The maximum absolute atomic E-state index is 11.2. The molecule has 0 saturated heterocycles. The molecule has 0 heterocycles. The van der Waals surface area contributed by atoms with Gasteiger partial charge in [0.25, 0.3) is 0 Å². The Morgan fingerprint density at radius 1 is 1.38 bits per heavy atom. The van der Waals surface area contributed by atoms with Crippen LogP contribution in [0.4, 0.5) is 4.79 Å². The zero-order valence-electron chi connectivity index (χ0n) is 9.49. The quantitative estimate of drug-likeness (QED) is 0.610. The lowest BCUT2D eigenvalue weighted by atomic mass is 10.2. The minimum atomic E-state index is -0.517. The first-order valence-corrected chi connectivity index (χ1v) is 5.15. The molecule has 3 heteroatoms. The molecule has 3 nitrogen and oxygen atoms in total. The second kappa shape index (κ2) is 6.52. The first-order chi connectivity index (χ1) is 7.68. The molecule has 1 aromatic rings. The fraction of sp³-hybridized carbons (Fsp3) is 0.308. The van der Waals surface area contributed by atoms with Crippen LogP contribution in [0.3, 0.4) is 0 Å². The number of benzene rings is 1. The van der Waals surface area contributed by atoms with Crippen LogP contribution in [0.1, 0.15) is 19.4 Å². The van der Waals surface area contributed by atoms with E-state index < -0.39 is 6.09 Å². The van der Waals surface area contributed by atoms with Crippen LogP contribution in [-0.4, -0.2) is 6.09 Å². The lowest BCUT2D eigenvalue weighted by molar-refractivity contribution is 0.144. The smallest absolute Gasteiger partial charge is 0.419 e. The molecular weight excluding hydrogens is 202 g/mol. The average molecular weight is 217 g/mol. The molecule has 0 spiro atoms. The lowest BCUT2D eigenvalue weighted by Crippen LogP contribution is -2.18. The van der Waals surface area contributed by atoms with Crippen molar-refractivity contribution in [3.63, 3.8) is 0 Å². The molecule has 0 aliphatic rings. The van der Waals surface area contributed by atoms with Crippen LogP contribution in [0.2, 0.25) is 0 Å². The van der Waals surface area contributed by atoms with Gasteiger partial charge in [-0.05, 0) is 5.56 Å². The molecule has 1 N–H and O–H groups in total. The van der Waals surface area contributed by atoms with Crippen LogP contribution in [0, 0.1) is 17.9 Å². The highest BCUT2D eigenvalue weighted by molar-refractivity contribution is 5.69. The van der Waals surface area contributed by atoms with E-state index in [1.807, 2.05) is 44.2 Å². The van der Waals surface area contributed by atoms with E-state index in [2.05, 4.69) is 17.3 Å². The number of rotatable bonds is 2. The van der Waals surface area contributed by atoms with Gasteiger partial charge in [0.2, 0.25) is 0 Å². The average Bonchev–Trinajstić information content (AvgIpc) is 2.27. The third-order valence-corrected chi connectivity index (χ3v) is 1.74. The predicted octanol–water partition coefficient (Wildman–Crippen LogP) is 2.53. The molecule has 0 unspecified atom stereocenters. The Hall–Kier alpha value is -1.95. The molecule has 0 aliphatic heterocycles. The van der Waals surface area contributed by atoms with E-state index in [1.54, 1.807) is 0 Å². The van der Waals surface area contributed by atoms with Crippen molar-refractivity contribution in [2.75, 3.05) is 0 Å². The molecule has 0 aromatic heterocycles. The summed E-state index contributed by atoms with van der Waals surface area (Å²) in [6, 6.07) is 12.0. The van der Waals surface area contributed by atoms with Gasteiger partial charge in [0.15, 0.2) is 0 Å². The minimum absolute atomic E-state index is 0.231. The number of alkyl carbamates (subject to hydrolysis) is 1. The molecule has 1 rings (SSSR count). The molecule has 1 amide bonds. The van der Waals surface area contributed by atoms with Gasteiger partial charge in [0.1, 0.15) is 6.61 Å². The summed E-state index contributed by atoms with van der Waals surface area (Å²) in [5.41, 5.74) is 0.953. The molecule has 84 valence electrons. The molecule has 0 aliphatic carbocycles. The third kappa shape index (κ3) is 5.06. The zero-order chi connectivity index (χ0) is 11.8. The third-order valence-electron chi connectivity index (χ3n) is 1.74. The fourth-order valence-corrected chi connectivity index (χ4v) is 0.991. The number of hydrogen-bond donors (Lipinski definition) is 1. The van der Waals surface area contributed by atoms with Gasteiger partial charge < -0.3 is 4.74 Å². The number of carbonyl (C=O) groups excluding carboxylic acids is 1. The maximum Gasteiger partial charge on any atom is 0.419 e. The van der Waals surface area contributed by atoms with Crippen molar-refractivity contribution in [1.29, 1.82) is 0 Å². The largest absolute Gasteiger partial charge is 0.444 e. The molecule has 0 saturated carbocycles. The van der Waals surface area contributed by atoms with Gasteiger partial charge in [-0.2, -0.15) is 0 Å². The molecule has 16 heavy (non-hydrogen) atoms. The van der Waals surface area contributed by atoms with Gasteiger partial charge in [0, 0.05) is 12.0 Å². The Morgan fingerprint density at radius 3 is 2.69 bits per heavy atom. The maximum atomic E-state index is 11.2. The molecule has 0 atom stereocenters. The van der Waals surface area contributed by atoms with Gasteiger partial charge >= 0.3 is 6.09 Å². The fourth-order valence-electron chi connectivity index (χ4n) is 0.991. The minimum Gasteiger partial charge on any atom is -0.444 e. The lowest BCUT2D eigenvalue weighted by Gasteiger charge is -2.02. The van der Waals surface area contributed by atoms with E-state index in [0.717, 1.165) is 5.56 Å². The topological polar surface area (TPSA) is 38.3 Å². The second-order valence-electron chi connectivity index (χ2n) is 3.61. The molecule has 0 fully saturated rings. The second-order valence-corrected chi connectivity index (χ2v) is 3.61. The van der Waals surface area contributed by atoms with Crippen molar-refractivity contribution in [2.24, 2.45) is 5.92 Å². The Balaban J connectivity index is 2.29. The SMILES string of the molecule is CC(C)C#CNC(=O)OCc1ccccc1. The van der Waals surface area contributed by atoms with E-state index in [1.165, 1.54) is 0 Å². The molecule has 0 bridgehead atoms. The van der Waals surface area contributed by atoms with E-state index in [0.29, 0.717) is 0 Å². The highest BCUT2D eigenvalue weighted by Gasteiger charge is 1.99. The summed E-state index contributed by atoms with van der Waals surface area (Å²) in [6.07, 6.45) is -0.517. The van der Waals surface area contributed by atoms with Crippen molar-refractivity contribution in [1.82, 2.24) is 5.32 Å². The van der Waals surface area contributed by atoms with Crippen molar-refractivity contribution in [2.45, 2.75) is 20.5 Å². The van der Waals surface area contributed by atoms with Gasteiger partial charge in [-0.25, -0.2) is 10.1 Å². The van der Waals surface area contributed by atoms with Crippen LogP contribution in [0.15, 0.2) is 30.3 Å². The summed E-state index contributed by atoms with van der Waals surface area (Å²) in [5.74, 6) is 3.04. The zero-order valence-corrected chi connectivity index (χ0v) is 9.49. The van der Waals surface area contributed by atoms with Gasteiger partial charge in [0.05, 0.1) is 0 Å². The molecule has 0 radical (unpaired) electrons. The van der Waals surface area contributed by atoms with E-state index in [4.69, 9.17) is 4.74 Å². The number of ether oxygens (including phenoxy) is 1. The normalized spacial score (nSPS) is 9.19. The summed E-state index contributed by atoms with van der Waals surface area (Å²) in [4.78, 5) is 11.2. The van der Waals surface area contributed by atoms with Crippen LogP contribution >= 0.6 is 0 Å². The summed E-state index contributed by atoms with van der Waals surface area (Å²) in [7, 11) is 0. The van der Waals surface area contributed by atoms with Gasteiger partial charge in [-0.3, -0.25) is 0 Å². The number of nitrogens with one attached hydrogen (secondary N) is 1. The van der Waals surface area contributed by atoms with Crippen molar-refractivity contribution in [3.05, 3.63) is 35.9 Å². The number of amides is 1. The van der Waals surface area contributed by atoms with Crippen LogP contribution in [0.5, 0.6) is 0 Å². The van der Waals surface area contributed by atoms with E-state index >= 15 is 0 Å². The van der Waals surface area contributed by atoms with Crippen molar-refractivity contribution in [3.8, 4) is 12.0 Å². The van der Waals surface area contributed by atoms with Crippen LogP contribution in [0.25, 0.3) is 0 Å². The van der Waals surface area contributed by atoms with Crippen molar-refractivity contribution >= 4 is 6.09 Å². The monoisotopic (exact) mass is 217 g/mol. The van der Waals surface area contributed by atoms with Crippen molar-refractivity contribution < 1.29 is 9.53 Å². The Kier molecular flexibility index (Phi) is 4.94. The Labute approximate surface area is 95.8 Å². The predicted molar refractivity (Wildman–Crippen MR) is 62.4 cm³/mol. The van der Waals surface area contributed by atoms with Gasteiger partial charge in [-0.1, -0.05) is 50.1 Å². The molecule has 1 aromatic carbocycles. The van der Waals surface area contributed by atoms with Gasteiger partial charge in [-0.15, -0.1) is 0 Å². The van der Waals surface area contributed by atoms with Crippen LogP contribution in [-0.2, 0) is 11.3 Å². The first kappa shape index (κ1) is 12.1. The highest BCUT2D eigenvalue weighted by atomic mass is 16.5. The van der Waals surface area contributed by atoms with Crippen LogP contribution < -0.4 is 5.32 Å². The highest BCUT2D eigenvalue weighted by Crippen LogP contribution is 2.00. The molecular formula is C13H15NO2. The Morgan fingerprint density at radius 2 is 2.06 bits per heavy atom. The first-order valence-electron chi connectivity index (χ1n) is 5.15. The Bertz CT molecular complexity index is 387. The summed E-state index contributed by atoms with van der Waals surface area (Å²) in [5, 5.41) is 2.36. The van der Waals surface area contributed by atoms with E-state index in [-0.39, 0.29) is 12.5 Å². The summed E-state index contributed by atoms with van der Waals surface area (Å²) < 4.78 is 4.96. The number of carbonyl (C=O) groups is 1. The standard InChI is InChI=1S/C13H15NO2/c1-11(2)8-9-14-13(15)16-10-12-6-4-3-5-7-12/h3-7,11H,10H2,1-2H3,(H,14,15).